The molecule has 6 heterocycles. The van der Waals surface area contributed by atoms with E-state index < -0.39 is 0 Å². The molecule has 6 nitrogen and oxygen atoms in total. The number of benzene rings is 7. The Morgan fingerprint density at radius 1 is 0.344 bits per heavy atom. The molecule has 0 aliphatic carbocycles. The zero-order valence-electron chi connectivity index (χ0n) is 33.7. The summed E-state index contributed by atoms with van der Waals surface area (Å²) in [7, 11) is 0. The Morgan fingerprint density at radius 2 is 0.721 bits per heavy atom. The largest absolute Gasteiger partial charge is 0.458 e. The van der Waals surface area contributed by atoms with Crippen LogP contribution in [0.1, 0.15) is 0 Å². The van der Waals surface area contributed by atoms with E-state index in [1.54, 1.807) is 59.2 Å². The van der Waals surface area contributed by atoms with Crippen molar-refractivity contribution in [2.24, 2.45) is 0 Å². The van der Waals surface area contributed by atoms with Gasteiger partial charge in [-0.1, -0.05) is 48.5 Å². The molecule has 294 valence electrons. The number of ether oxygens (including phenoxy) is 4. The lowest BCUT2D eigenvalue weighted by molar-refractivity contribution is 0.462. The maximum Gasteiger partial charge on any atom is 0.260 e. The van der Waals surface area contributed by atoms with Gasteiger partial charge in [-0.25, -0.2) is 0 Å². The SMILES string of the molecule is CSc1cc2c3c(c1)Oc1cc4c(cc1B3c1ccccc1O2)B1c2cc3c(cc2N(SC)c2cc(SC)cc(c21)N4SC)Oc1cc(SC)cc2c1B3c1ccccc1O2. The Labute approximate surface area is 377 Å². The average molecular weight is 883 g/mol. The summed E-state index contributed by atoms with van der Waals surface area (Å²) in [6, 6.07) is 40.0. The normalized spacial score (nSPS) is 14.7. The van der Waals surface area contributed by atoms with Gasteiger partial charge in [0, 0.05) is 50.3 Å². The van der Waals surface area contributed by atoms with Crippen LogP contribution >= 0.6 is 59.2 Å². The summed E-state index contributed by atoms with van der Waals surface area (Å²) in [5, 5.41) is 0. The molecule has 7 aromatic rings. The van der Waals surface area contributed by atoms with Gasteiger partial charge in [-0.05, 0) is 129 Å². The highest BCUT2D eigenvalue weighted by Gasteiger charge is 2.49. The van der Waals surface area contributed by atoms with E-state index in [1.165, 1.54) is 32.7 Å². The summed E-state index contributed by atoms with van der Waals surface area (Å²) < 4.78 is 32.2. The second-order valence-corrected chi connectivity index (χ2v) is 19.9. The molecule has 0 fully saturated rings. The van der Waals surface area contributed by atoms with Gasteiger partial charge in [-0.15, -0.1) is 35.3 Å². The topological polar surface area (TPSA) is 43.4 Å². The van der Waals surface area contributed by atoms with Crippen molar-refractivity contribution in [3.05, 3.63) is 109 Å². The maximum atomic E-state index is 7.01. The molecule has 7 aromatic carbocycles. The van der Waals surface area contributed by atoms with Crippen molar-refractivity contribution < 1.29 is 18.9 Å². The standard InChI is InChI=1S/C47H33B3N2O4S5/c1-57-24-14-35-45-36(15-24)52(61-5)34-23-40-32(49-28-11-7-9-13-38(28)54-42-17-26(59-3)19-44(56-40)47(42)49)21-30(34)50(45)29-20-31-39(22-33(29)51(35)60-4)55-43-18-25(58-2)16-41-46(43)48(31)27-10-6-8-12-37(27)53-41/h6-23H,1-5H3. The third kappa shape index (κ3) is 5.11. The van der Waals surface area contributed by atoms with Gasteiger partial charge >= 0.3 is 0 Å². The van der Waals surface area contributed by atoms with Crippen LogP contribution in [0.3, 0.4) is 0 Å². The quantitative estimate of drug-likeness (QED) is 0.0997. The average Bonchev–Trinajstić information content (AvgIpc) is 3.29. The minimum atomic E-state index is -0.0713. The van der Waals surface area contributed by atoms with E-state index in [2.05, 4.69) is 149 Å². The van der Waals surface area contributed by atoms with Crippen LogP contribution in [0.2, 0.25) is 0 Å². The first-order chi connectivity index (χ1) is 30.0. The fourth-order valence-corrected chi connectivity index (χ4v) is 13.2. The summed E-state index contributed by atoms with van der Waals surface area (Å²) in [6.45, 7) is -0.173. The number of thioether (sulfide) groups is 3. The minimum Gasteiger partial charge on any atom is -0.458 e. The smallest absolute Gasteiger partial charge is 0.260 e. The first-order valence-electron chi connectivity index (χ1n) is 20.1. The van der Waals surface area contributed by atoms with Crippen molar-refractivity contribution in [2.45, 2.75) is 14.7 Å². The van der Waals surface area contributed by atoms with Crippen LogP contribution in [0.15, 0.2) is 124 Å². The molecule has 61 heavy (non-hydrogen) atoms. The van der Waals surface area contributed by atoms with Crippen molar-refractivity contribution in [3.63, 3.8) is 0 Å². The Bertz CT molecular complexity index is 2920. The Kier molecular flexibility index (Phi) is 8.25. The molecular weight excluding hydrogens is 849 g/mol. The van der Waals surface area contributed by atoms with E-state index in [9.17, 15) is 0 Å². The van der Waals surface area contributed by atoms with Crippen LogP contribution in [0.4, 0.5) is 22.7 Å². The van der Waals surface area contributed by atoms with E-state index in [0.717, 1.165) is 99.9 Å². The zero-order chi connectivity index (χ0) is 40.8. The highest BCUT2D eigenvalue weighted by Crippen LogP contribution is 2.47. The number of para-hydroxylation sites is 2. The van der Waals surface area contributed by atoms with Gasteiger partial charge < -0.3 is 18.9 Å². The van der Waals surface area contributed by atoms with Crippen LogP contribution in [0.5, 0.6) is 46.0 Å². The predicted octanol–water partition coefficient (Wildman–Crippen LogP) is 7.28. The molecule has 0 amide bonds. The Balaban J connectivity index is 1.09. The molecule has 6 aliphatic rings. The molecule has 0 saturated carbocycles. The van der Waals surface area contributed by atoms with E-state index in [1.807, 2.05) is 0 Å². The van der Waals surface area contributed by atoms with Gasteiger partial charge in [0.2, 0.25) is 0 Å². The van der Waals surface area contributed by atoms with E-state index >= 15 is 0 Å². The molecule has 0 unspecified atom stereocenters. The van der Waals surface area contributed by atoms with Crippen LogP contribution in [-0.2, 0) is 0 Å². The molecule has 6 aliphatic heterocycles. The van der Waals surface area contributed by atoms with Crippen LogP contribution < -0.4 is 76.7 Å². The molecule has 13 rings (SSSR count). The van der Waals surface area contributed by atoms with Crippen LogP contribution in [0, 0.1) is 0 Å². The molecule has 0 radical (unpaired) electrons. The molecule has 0 spiro atoms. The van der Waals surface area contributed by atoms with Crippen molar-refractivity contribution >= 4 is 151 Å². The lowest BCUT2D eigenvalue weighted by atomic mass is 9.30. The first kappa shape index (κ1) is 36.9. The second-order valence-electron chi connectivity index (χ2n) is 15.8. The molecule has 0 aromatic heterocycles. The number of hydrogen-bond donors (Lipinski definition) is 0. The van der Waals surface area contributed by atoms with Gasteiger partial charge in [-0.3, -0.25) is 8.61 Å². The third-order valence-electron chi connectivity index (χ3n) is 13.0. The van der Waals surface area contributed by atoms with Gasteiger partial charge in [0.25, 0.3) is 20.1 Å². The van der Waals surface area contributed by atoms with Crippen molar-refractivity contribution in [2.75, 3.05) is 39.9 Å². The number of anilines is 4. The summed E-state index contributed by atoms with van der Waals surface area (Å²) in [4.78, 5) is 3.44. The third-order valence-corrected chi connectivity index (χ3v) is 16.6. The Hall–Kier alpha value is -4.72. The van der Waals surface area contributed by atoms with Crippen LogP contribution in [-0.4, -0.2) is 51.4 Å². The molecule has 0 saturated heterocycles. The highest BCUT2D eigenvalue weighted by molar-refractivity contribution is 8.01. The number of rotatable bonds is 5. The van der Waals surface area contributed by atoms with Crippen LogP contribution in [0.25, 0.3) is 0 Å². The molecule has 14 heteroatoms. The number of fused-ring (bicyclic) bond motifs is 12. The summed E-state index contributed by atoms with van der Waals surface area (Å²) in [5.41, 5.74) is 15.3. The maximum absolute atomic E-state index is 7.01. The lowest BCUT2D eigenvalue weighted by Gasteiger charge is -2.44. The monoisotopic (exact) mass is 882 g/mol. The van der Waals surface area contributed by atoms with Gasteiger partial charge in [-0.2, -0.15) is 0 Å². The summed E-state index contributed by atoms with van der Waals surface area (Å²) >= 11 is 8.67. The fourth-order valence-electron chi connectivity index (χ4n) is 10.5. The Morgan fingerprint density at radius 3 is 1.13 bits per heavy atom. The molecule has 0 N–H and O–H groups in total. The number of hydrogen-bond acceptors (Lipinski definition) is 11. The van der Waals surface area contributed by atoms with E-state index in [4.69, 9.17) is 18.9 Å². The zero-order valence-corrected chi connectivity index (χ0v) is 37.8. The number of nitrogens with zero attached hydrogens (tertiary/aromatic N) is 2. The van der Waals surface area contributed by atoms with Gasteiger partial charge in [0.1, 0.15) is 46.0 Å². The van der Waals surface area contributed by atoms with E-state index in [0.29, 0.717) is 0 Å². The molecular formula is C47H33B3N2O4S5. The molecule has 0 atom stereocenters. The van der Waals surface area contributed by atoms with E-state index in [-0.39, 0.29) is 20.1 Å². The molecule has 0 bridgehead atoms. The van der Waals surface area contributed by atoms with Gasteiger partial charge in [0.05, 0.1) is 22.7 Å². The highest BCUT2D eigenvalue weighted by atomic mass is 32.2. The first-order valence-corrected chi connectivity index (χ1v) is 26.1. The summed E-state index contributed by atoms with van der Waals surface area (Å²) in [5.74, 6) is 7.00. The second kappa shape index (κ2) is 13.6. The van der Waals surface area contributed by atoms with Crippen molar-refractivity contribution in [1.82, 2.24) is 0 Å². The minimum absolute atomic E-state index is 0.0510. The fraction of sp³-hybridized carbons (Fsp3) is 0.106. The van der Waals surface area contributed by atoms with Crippen molar-refractivity contribution in [3.8, 4) is 46.0 Å². The predicted molar refractivity (Wildman–Crippen MR) is 266 cm³/mol. The summed E-state index contributed by atoms with van der Waals surface area (Å²) in [6.07, 6.45) is 10.7. The van der Waals surface area contributed by atoms with Crippen molar-refractivity contribution in [1.29, 1.82) is 0 Å². The van der Waals surface area contributed by atoms with Gasteiger partial charge in [0.15, 0.2) is 0 Å². The lowest BCUT2D eigenvalue weighted by Crippen LogP contribution is -2.65.